The zero-order valence-corrected chi connectivity index (χ0v) is 13.9. The number of anilines is 1. The van der Waals surface area contributed by atoms with Gasteiger partial charge in [0.25, 0.3) is 0 Å². The summed E-state index contributed by atoms with van der Waals surface area (Å²) in [6.07, 6.45) is 1.53. The summed E-state index contributed by atoms with van der Waals surface area (Å²) in [7, 11) is -3.54. The molecule has 1 aromatic carbocycles. The van der Waals surface area contributed by atoms with Gasteiger partial charge in [-0.2, -0.15) is 0 Å². The molecule has 0 spiro atoms. The fourth-order valence-electron chi connectivity index (χ4n) is 2.06. The lowest BCUT2D eigenvalue weighted by atomic mass is 10.1. The van der Waals surface area contributed by atoms with Gasteiger partial charge in [0.05, 0.1) is 11.9 Å². The summed E-state index contributed by atoms with van der Waals surface area (Å²) in [6.45, 7) is 6.32. The Labute approximate surface area is 127 Å². The van der Waals surface area contributed by atoms with Gasteiger partial charge in [-0.25, -0.2) is 8.42 Å². The lowest BCUT2D eigenvalue weighted by Crippen LogP contribution is -2.49. The molecule has 6 heteroatoms. The summed E-state index contributed by atoms with van der Waals surface area (Å²) in [5, 5.41) is 2.81. The summed E-state index contributed by atoms with van der Waals surface area (Å²) in [6, 6.07) is 7.97. The normalized spacial score (nSPS) is 13.0. The highest BCUT2D eigenvalue weighted by molar-refractivity contribution is 7.92. The fourth-order valence-corrected chi connectivity index (χ4v) is 3.27. The number of para-hydroxylation sites is 1. The summed E-state index contributed by atoms with van der Waals surface area (Å²) in [4.78, 5) is 12.3. The summed E-state index contributed by atoms with van der Waals surface area (Å²) < 4.78 is 25.4. The second-order valence-corrected chi connectivity index (χ2v) is 7.32. The zero-order chi connectivity index (χ0) is 16.0. The standard InChI is InChI=1S/C15H24N2O3S/c1-5-14(15(18)16-11-12(2)3)17(21(4,19)20)13-9-7-6-8-10-13/h6-10,12,14H,5,11H2,1-4H3,(H,16,18). The van der Waals surface area contributed by atoms with Crippen molar-refractivity contribution in [1.82, 2.24) is 5.32 Å². The molecule has 0 aliphatic rings. The van der Waals surface area contributed by atoms with E-state index in [-0.39, 0.29) is 5.91 Å². The highest BCUT2D eigenvalue weighted by Gasteiger charge is 2.31. The molecule has 1 N–H and O–H groups in total. The van der Waals surface area contributed by atoms with E-state index in [2.05, 4.69) is 5.32 Å². The van der Waals surface area contributed by atoms with Crippen LogP contribution in [-0.4, -0.2) is 33.2 Å². The first-order chi connectivity index (χ1) is 9.77. The minimum atomic E-state index is -3.54. The molecular formula is C15H24N2O3S. The minimum Gasteiger partial charge on any atom is -0.354 e. The van der Waals surface area contributed by atoms with Crippen molar-refractivity contribution in [3.8, 4) is 0 Å². The van der Waals surface area contributed by atoms with E-state index in [9.17, 15) is 13.2 Å². The highest BCUT2D eigenvalue weighted by atomic mass is 32.2. The third-order valence-corrected chi connectivity index (χ3v) is 4.20. The van der Waals surface area contributed by atoms with E-state index in [1.807, 2.05) is 19.9 Å². The van der Waals surface area contributed by atoms with Gasteiger partial charge < -0.3 is 5.32 Å². The van der Waals surface area contributed by atoms with Gasteiger partial charge in [-0.3, -0.25) is 9.10 Å². The molecule has 1 amide bonds. The molecule has 0 aromatic heterocycles. The SMILES string of the molecule is CCC(C(=O)NCC(C)C)N(c1ccccc1)S(C)(=O)=O. The molecule has 0 heterocycles. The number of sulfonamides is 1. The summed E-state index contributed by atoms with van der Waals surface area (Å²) in [5.41, 5.74) is 0.506. The Balaban J connectivity index is 3.09. The van der Waals surface area contributed by atoms with Crippen molar-refractivity contribution in [3.63, 3.8) is 0 Å². The number of rotatable bonds is 7. The van der Waals surface area contributed by atoms with Gasteiger partial charge in [0.1, 0.15) is 6.04 Å². The van der Waals surface area contributed by atoms with Gasteiger partial charge in [0, 0.05) is 6.54 Å². The Kier molecular flexibility index (Phi) is 6.20. The van der Waals surface area contributed by atoms with Gasteiger partial charge in [-0.1, -0.05) is 39.0 Å². The number of amides is 1. The first-order valence-electron chi connectivity index (χ1n) is 7.09. The smallest absolute Gasteiger partial charge is 0.243 e. The van der Waals surface area contributed by atoms with Gasteiger partial charge >= 0.3 is 0 Å². The van der Waals surface area contributed by atoms with Crippen molar-refractivity contribution in [2.24, 2.45) is 5.92 Å². The number of hydrogen-bond donors (Lipinski definition) is 1. The molecule has 0 fully saturated rings. The molecule has 1 aromatic rings. The number of benzene rings is 1. The summed E-state index contributed by atoms with van der Waals surface area (Å²) in [5.74, 6) is 0.0512. The van der Waals surface area contributed by atoms with Crippen molar-refractivity contribution in [1.29, 1.82) is 0 Å². The molecule has 118 valence electrons. The molecule has 0 aliphatic heterocycles. The Morgan fingerprint density at radius 2 is 1.81 bits per heavy atom. The molecule has 1 unspecified atom stereocenters. The highest BCUT2D eigenvalue weighted by Crippen LogP contribution is 2.21. The Bertz CT molecular complexity index is 556. The van der Waals surface area contributed by atoms with E-state index >= 15 is 0 Å². The molecule has 0 bridgehead atoms. The van der Waals surface area contributed by atoms with Crippen LogP contribution < -0.4 is 9.62 Å². The van der Waals surface area contributed by atoms with E-state index in [4.69, 9.17) is 0 Å². The van der Waals surface area contributed by atoms with Crippen molar-refractivity contribution >= 4 is 21.6 Å². The molecule has 0 saturated heterocycles. The van der Waals surface area contributed by atoms with Crippen LogP contribution in [0.4, 0.5) is 5.69 Å². The second-order valence-electron chi connectivity index (χ2n) is 5.46. The van der Waals surface area contributed by atoms with E-state index in [0.29, 0.717) is 24.6 Å². The number of nitrogens with zero attached hydrogens (tertiary/aromatic N) is 1. The molecule has 5 nitrogen and oxygen atoms in total. The van der Waals surface area contributed by atoms with E-state index in [0.717, 1.165) is 6.26 Å². The molecule has 0 radical (unpaired) electrons. The van der Waals surface area contributed by atoms with E-state index in [1.165, 1.54) is 4.31 Å². The molecule has 1 rings (SSSR count). The van der Waals surface area contributed by atoms with Crippen molar-refractivity contribution in [2.75, 3.05) is 17.1 Å². The number of carbonyl (C=O) groups is 1. The van der Waals surface area contributed by atoms with E-state index < -0.39 is 16.1 Å². The maximum absolute atomic E-state index is 12.3. The monoisotopic (exact) mass is 312 g/mol. The lowest BCUT2D eigenvalue weighted by Gasteiger charge is -2.30. The lowest BCUT2D eigenvalue weighted by molar-refractivity contribution is -0.122. The van der Waals surface area contributed by atoms with E-state index in [1.54, 1.807) is 31.2 Å². The van der Waals surface area contributed by atoms with Gasteiger partial charge in [0.2, 0.25) is 15.9 Å². The van der Waals surface area contributed by atoms with Crippen molar-refractivity contribution < 1.29 is 13.2 Å². The first-order valence-corrected chi connectivity index (χ1v) is 8.94. The molecule has 1 atom stereocenters. The van der Waals surface area contributed by atoms with Crippen molar-refractivity contribution in [3.05, 3.63) is 30.3 Å². The number of hydrogen-bond acceptors (Lipinski definition) is 3. The van der Waals surface area contributed by atoms with Crippen molar-refractivity contribution in [2.45, 2.75) is 33.2 Å². The second kappa shape index (κ2) is 7.45. The van der Waals surface area contributed by atoms with Crippen LogP contribution in [0.15, 0.2) is 30.3 Å². The third kappa shape index (κ3) is 5.04. The van der Waals surface area contributed by atoms with Crippen LogP contribution in [0.2, 0.25) is 0 Å². The average molecular weight is 312 g/mol. The quantitative estimate of drug-likeness (QED) is 0.837. The van der Waals surface area contributed by atoms with Gasteiger partial charge in [-0.05, 0) is 24.5 Å². The van der Waals surface area contributed by atoms with Gasteiger partial charge in [-0.15, -0.1) is 0 Å². The maximum atomic E-state index is 12.3. The largest absolute Gasteiger partial charge is 0.354 e. The third-order valence-electron chi connectivity index (χ3n) is 3.02. The average Bonchev–Trinajstić information content (AvgIpc) is 2.41. The number of carbonyl (C=O) groups excluding carboxylic acids is 1. The Morgan fingerprint density at radius 3 is 2.24 bits per heavy atom. The molecule has 0 aliphatic carbocycles. The van der Waals surface area contributed by atoms with Crippen LogP contribution in [-0.2, 0) is 14.8 Å². The predicted octanol–water partition coefficient (Wildman–Crippen LogP) is 2.00. The Morgan fingerprint density at radius 1 is 1.24 bits per heavy atom. The fraction of sp³-hybridized carbons (Fsp3) is 0.533. The summed E-state index contributed by atoms with van der Waals surface area (Å²) >= 11 is 0. The topological polar surface area (TPSA) is 66.5 Å². The van der Waals surface area contributed by atoms with Crippen LogP contribution in [0.25, 0.3) is 0 Å². The van der Waals surface area contributed by atoms with Crippen LogP contribution in [0.5, 0.6) is 0 Å². The molecule has 0 saturated carbocycles. The van der Waals surface area contributed by atoms with Gasteiger partial charge in [0.15, 0.2) is 0 Å². The van der Waals surface area contributed by atoms with Crippen LogP contribution in [0, 0.1) is 5.92 Å². The van der Waals surface area contributed by atoms with Crippen LogP contribution in [0.3, 0.4) is 0 Å². The first kappa shape index (κ1) is 17.5. The molecular weight excluding hydrogens is 288 g/mol. The van der Waals surface area contributed by atoms with Crippen LogP contribution in [0.1, 0.15) is 27.2 Å². The van der Waals surface area contributed by atoms with Crippen LogP contribution >= 0.6 is 0 Å². The minimum absolute atomic E-state index is 0.263. The molecule has 21 heavy (non-hydrogen) atoms. The Hall–Kier alpha value is -1.56. The maximum Gasteiger partial charge on any atom is 0.243 e. The predicted molar refractivity (Wildman–Crippen MR) is 85.7 cm³/mol. The zero-order valence-electron chi connectivity index (χ0n) is 13.0. The number of nitrogens with one attached hydrogen (secondary N) is 1.